The van der Waals surface area contributed by atoms with Gasteiger partial charge < -0.3 is 9.53 Å². The summed E-state index contributed by atoms with van der Waals surface area (Å²) < 4.78 is 6.82. The Balaban J connectivity index is 2.83. The molecule has 0 aliphatic carbocycles. The van der Waals surface area contributed by atoms with Crippen molar-refractivity contribution in [1.82, 2.24) is 0 Å². The summed E-state index contributed by atoms with van der Waals surface area (Å²) in [6.07, 6.45) is 13.2. The van der Waals surface area contributed by atoms with Gasteiger partial charge in [-0.1, -0.05) is 121 Å². The highest BCUT2D eigenvalue weighted by Gasteiger charge is 2.36. The van der Waals surface area contributed by atoms with Gasteiger partial charge in [-0.05, 0) is 43.5 Å². The molecule has 0 spiro atoms. The first-order valence-corrected chi connectivity index (χ1v) is 16.1. The van der Waals surface area contributed by atoms with Gasteiger partial charge in [-0.3, -0.25) is 0 Å². The summed E-state index contributed by atoms with van der Waals surface area (Å²) in [5, 5.41) is 10.2. The zero-order valence-electron chi connectivity index (χ0n) is 22.1. The number of carboxylic acids is 1. The monoisotopic (exact) mass is 474 g/mol. The van der Waals surface area contributed by atoms with Crippen LogP contribution in [0.5, 0.6) is 0 Å². The molecule has 0 bridgehead atoms. The molecule has 0 aromatic heterocycles. The lowest BCUT2D eigenvalue weighted by atomic mass is 9.94. The van der Waals surface area contributed by atoms with E-state index in [0.29, 0.717) is 5.57 Å². The average molecular weight is 475 g/mol. The molecular formula is C29H50O3Si. The number of allylic oxidation sites excluding steroid dienone is 1. The van der Waals surface area contributed by atoms with E-state index >= 15 is 0 Å². The maximum atomic E-state index is 12.5. The highest BCUT2D eigenvalue weighted by atomic mass is 28.4. The molecular weight excluding hydrogens is 424 g/mol. The Morgan fingerprint density at radius 2 is 1.30 bits per heavy atom. The second-order valence-corrected chi connectivity index (χ2v) is 14.3. The fourth-order valence-corrected chi connectivity index (χ4v) is 7.46. The zero-order valence-corrected chi connectivity index (χ0v) is 23.1. The minimum Gasteiger partial charge on any atom is -0.478 e. The molecule has 0 heterocycles. The molecule has 1 aromatic rings. The molecule has 1 N–H and O–H groups in total. The van der Waals surface area contributed by atoms with E-state index in [0.717, 1.165) is 42.1 Å². The molecule has 188 valence electrons. The maximum absolute atomic E-state index is 12.5. The molecule has 0 aliphatic rings. The first-order valence-electron chi connectivity index (χ1n) is 13.6. The van der Waals surface area contributed by atoms with Crippen LogP contribution < -0.4 is 0 Å². The highest BCUT2D eigenvalue weighted by Crippen LogP contribution is 2.36. The number of carboxylic acid groups (broad SMARTS) is 1. The Bertz CT molecular complexity index is 671. The number of benzene rings is 1. The fraction of sp³-hybridized carbons (Fsp3) is 0.690. The lowest BCUT2D eigenvalue weighted by Crippen LogP contribution is -2.38. The fourth-order valence-electron chi connectivity index (χ4n) is 4.70. The van der Waals surface area contributed by atoms with Crippen LogP contribution in [0.15, 0.2) is 41.5 Å². The molecule has 1 rings (SSSR count). The summed E-state index contributed by atoms with van der Waals surface area (Å²) in [5.74, 6) is -0.834. The van der Waals surface area contributed by atoms with E-state index in [9.17, 15) is 9.90 Å². The normalized spacial score (nSPS) is 13.6. The molecule has 0 fully saturated rings. The topological polar surface area (TPSA) is 46.5 Å². The molecule has 33 heavy (non-hydrogen) atoms. The van der Waals surface area contributed by atoms with Crippen LogP contribution >= 0.6 is 0 Å². The van der Waals surface area contributed by atoms with Crippen molar-refractivity contribution in [2.45, 2.75) is 129 Å². The van der Waals surface area contributed by atoms with E-state index in [1.165, 1.54) is 57.8 Å². The first kappa shape index (κ1) is 29.6. The number of hydrogen-bond donors (Lipinski definition) is 1. The van der Waals surface area contributed by atoms with Crippen LogP contribution in [0, 0.1) is 0 Å². The van der Waals surface area contributed by atoms with Gasteiger partial charge in [-0.2, -0.15) is 0 Å². The Morgan fingerprint density at radius 1 is 0.818 bits per heavy atom. The van der Waals surface area contributed by atoms with Crippen LogP contribution in [-0.4, -0.2) is 19.4 Å². The van der Waals surface area contributed by atoms with Crippen molar-refractivity contribution in [1.29, 1.82) is 0 Å². The Kier molecular flexibility index (Phi) is 15.4. The lowest BCUT2D eigenvalue weighted by Gasteiger charge is -2.34. The molecule has 1 atom stereocenters. The van der Waals surface area contributed by atoms with Gasteiger partial charge in [-0.15, -0.1) is 0 Å². The van der Waals surface area contributed by atoms with E-state index in [1.54, 1.807) is 0 Å². The van der Waals surface area contributed by atoms with Gasteiger partial charge in [-0.25, -0.2) is 4.79 Å². The molecule has 4 heteroatoms. The number of aliphatic carboxylic acids is 1. The molecule has 3 nitrogen and oxygen atoms in total. The molecule has 0 saturated heterocycles. The number of carbonyl (C=O) groups is 1. The third-order valence-corrected chi connectivity index (χ3v) is 11.9. The predicted molar refractivity (Wildman–Crippen MR) is 144 cm³/mol. The van der Waals surface area contributed by atoms with Crippen molar-refractivity contribution in [2.24, 2.45) is 0 Å². The van der Waals surface area contributed by atoms with Crippen molar-refractivity contribution in [3.8, 4) is 0 Å². The van der Waals surface area contributed by atoms with Gasteiger partial charge in [0, 0.05) is 0 Å². The molecule has 0 aliphatic heterocycles. The highest BCUT2D eigenvalue weighted by molar-refractivity contribution is 6.73. The summed E-state index contributed by atoms with van der Waals surface area (Å²) >= 11 is 0. The summed E-state index contributed by atoms with van der Waals surface area (Å²) in [4.78, 5) is 12.5. The van der Waals surface area contributed by atoms with Crippen LogP contribution in [0.1, 0.15) is 117 Å². The minimum atomic E-state index is -1.98. The van der Waals surface area contributed by atoms with Crippen LogP contribution in [0.2, 0.25) is 18.1 Å². The number of unbranched alkanes of at least 4 members (excludes halogenated alkanes) is 9. The lowest BCUT2D eigenvalue weighted by molar-refractivity contribution is -0.133. The smallest absolute Gasteiger partial charge is 0.334 e. The van der Waals surface area contributed by atoms with Gasteiger partial charge in [0.25, 0.3) is 0 Å². The van der Waals surface area contributed by atoms with E-state index in [1.807, 2.05) is 37.3 Å². The van der Waals surface area contributed by atoms with Gasteiger partial charge >= 0.3 is 5.97 Å². The minimum absolute atomic E-state index is 0.462. The van der Waals surface area contributed by atoms with Crippen LogP contribution in [0.4, 0.5) is 0 Å². The van der Waals surface area contributed by atoms with Crippen LogP contribution in [0.3, 0.4) is 0 Å². The van der Waals surface area contributed by atoms with Gasteiger partial charge in [0.05, 0.1) is 5.57 Å². The third-order valence-electron chi connectivity index (χ3n) is 7.26. The molecule has 0 amide bonds. The quantitative estimate of drug-likeness (QED) is 0.123. The third kappa shape index (κ3) is 10.6. The Labute approximate surface area is 205 Å². The number of hydrogen-bond acceptors (Lipinski definition) is 2. The maximum Gasteiger partial charge on any atom is 0.334 e. The Hall–Kier alpha value is -1.39. The predicted octanol–water partition coefficient (Wildman–Crippen LogP) is 9.46. The van der Waals surface area contributed by atoms with E-state index in [2.05, 4.69) is 27.7 Å². The van der Waals surface area contributed by atoms with Crippen molar-refractivity contribution in [3.05, 3.63) is 47.0 Å². The first-order chi connectivity index (χ1) is 15.9. The van der Waals surface area contributed by atoms with E-state index in [-0.39, 0.29) is 0 Å². The van der Waals surface area contributed by atoms with Crippen molar-refractivity contribution in [2.75, 3.05) is 0 Å². The second-order valence-electron chi connectivity index (χ2n) is 9.58. The van der Waals surface area contributed by atoms with Gasteiger partial charge in [0.15, 0.2) is 8.32 Å². The van der Waals surface area contributed by atoms with Gasteiger partial charge in [0.1, 0.15) is 6.10 Å². The van der Waals surface area contributed by atoms with Gasteiger partial charge in [0.2, 0.25) is 0 Å². The number of rotatable bonds is 19. The SMILES string of the molecule is CCCCCCCCCCCCC(C)=C(C(=O)O)C(O[Si](CC)(CC)CC)c1ccccc1. The average Bonchev–Trinajstić information content (AvgIpc) is 2.83. The van der Waals surface area contributed by atoms with E-state index in [4.69, 9.17) is 4.43 Å². The van der Waals surface area contributed by atoms with Crippen LogP contribution in [0.25, 0.3) is 0 Å². The van der Waals surface area contributed by atoms with Crippen molar-refractivity contribution >= 4 is 14.3 Å². The Morgan fingerprint density at radius 3 is 1.76 bits per heavy atom. The van der Waals surface area contributed by atoms with E-state index < -0.39 is 20.4 Å². The van der Waals surface area contributed by atoms with Crippen molar-refractivity contribution in [3.63, 3.8) is 0 Å². The standard InChI is InChI=1S/C29H50O3Si/c1-6-10-11-12-13-14-15-16-17-19-22-25(5)27(29(30)31)28(26-23-20-18-21-24-26)32-33(7-2,8-3)9-4/h18,20-21,23-24,28H,6-17,19,22H2,1-5H3,(H,30,31). The van der Waals surface area contributed by atoms with Crippen molar-refractivity contribution < 1.29 is 14.3 Å². The zero-order chi connectivity index (χ0) is 24.5. The molecule has 1 aromatic carbocycles. The summed E-state index contributed by atoms with van der Waals surface area (Å²) in [6.45, 7) is 10.9. The largest absolute Gasteiger partial charge is 0.478 e. The summed E-state index contributed by atoms with van der Waals surface area (Å²) in [7, 11) is -1.98. The molecule has 0 saturated carbocycles. The second kappa shape index (κ2) is 17.1. The summed E-state index contributed by atoms with van der Waals surface area (Å²) in [5.41, 5.74) is 2.40. The molecule has 0 radical (unpaired) electrons. The summed E-state index contributed by atoms with van der Waals surface area (Å²) in [6, 6.07) is 13.0. The molecule has 1 unspecified atom stereocenters. The van der Waals surface area contributed by atoms with Crippen LogP contribution in [-0.2, 0) is 9.22 Å².